The average Bonchev–Trinajstić information content (AvgIpc) is 3.17. The Hall–Kier alpha value is -3.61. The van der Waals surface area contributed by atoms with Gasteiger partial charge in [0, 0.05) is 12.5 Å². The highest BCUT2D eigenvalue weighted by Crippen LogP contribution is 2.39. The molecule has 0 N–H and O–H groups in total. The number of halogens is 7. The number of carbonyl (C=O) groups excluding carboxylic acids is 3. The van der Waals surface area contributed by atoms with E-state index in [1.165, 1.54) is 13.8 Å². The minimum Gasteiger partial charge on any atom is -0.465 e. The van der Waals surface area contributed by atoms with Crippen molar-refractivity contribution in [2.24, 2.45) is 10.5 Å². The fourth-order valence-corrected chi connectivity index (χ4v) is 4.10. The van der Waals surface area contributed by atoms with E-state index in [9.17, 15) is 40.7 Å². The first-order chi connectivity index (χ1) is 17.5. The minimum absolute atomic E-state index is 0.0160. The van der Waals surface area contributed by atoms with Gasteiger partial charge in [0.2, 0.25) is 5.91 Å². The van der Waals surface area contributed by atoms with Gasteiger partial charge in [-0.1, -0.05) is 17.7 Å². The Kier molecular flexibility index (Phi) is 7.83. The maximum Gasteiger partial charge on any atom is 0.417 e. The van der Waals surface area contributed by atoms with Crippen molar-refractivity contribution >= 4 is 40.9 Å². The Morgan fingerprint density at radius 3 is 2.13 bits per heavy atom. The molecule has 1 aliphatic rings. The van der Waals surface area contributed by atoms with E-state index in [1.54, 1.807) is 0 Å². The van der Waals surface area contributed by atoms with Crippen molar-refractivity contribution in [2.45, 2.75) is 33.1 Å². The summed E-state index contributed by atoms with van der Waals surface area (Å²) in [6.07, 6.45) is -9.40. The molecule has 0 bridgehead atoms. The summed E-state index contributed by atoms with van der Waals surface area (Å²) in [4.78, 5) is 39.1. The van der Waals surface area contributed by atoms with E-state index in [4.69, 9.17) is 16.3 Å². The molecule has 0 aliphatic carbocycles. The predicted molar refractivity (Wildman–Crippen MR) is 124 cm³/mol. The fraction of sp³-hybridized carbons (Fsp3) is 0.333. The number of carbonyl (C=O) groups is 3. The molecule has 0 radical (unpaired) electrons. The molecule has 2 aromatic rings. The zero-order chi connectivity index (χ0) is 28.6. The van der Waals surface area contributed by atoms with Crippen LogP contribution in [0.15, 0.2) is 47.6 Å². The molecule has 204 valence electrons. The Balaban J connectivity index is 2.06. The molecule has 38 heavy (non-hydrogen) atoms. The second-order valence-electron chi connectivity index (χ2n) is 8.43. The molecule has 1 aliphatic heterocycles. The van der Waals surface area contributed by atoms with Gasteiger partial charge in [-0.15, -0.1) is 0 Å². The zero-order valence-corrected chi connectivity index (χ0v) is 20.8. The molecule has 0 aromatic heterocycles. The van der Waals surface area contributed by atoms with Crippen LogP contribution in [0, 0.1) is 5.41 Å². The van der Waals surface area contributed by atoms with Gasteiger partial charge in [-0.25, -0.2) is 14.7 Å². The number of rotatable bonds is 4. The Bertz CT molecular complexity index is 1290. The van der Waals surface area contributed by atoms with Crippen LogP contribution >= 0.6 is 11.6 Å². The summed E-state index contributed by atoms with van der Waals surface area (Å²) in [5.74, 6) is -1.72. The number of anilines is 1. The van der Waals surface area contributed by atoms with Crippen molar-refractivity contribution in [1.29, 1.82) is 0 Å². The van der Waals surface area contributed by atoms with Gasteiger partial charge in [0.25, 0.3) is 0 Å². The first kappa shape index (κ1) is 29.0. The molecule has 3 rings (SSSR count). The maximum absolute atomic E-state index is 13.3. The van der Waals surface area contributed by atoms with Gasteiger partial charge < -0.3 is 4.74 Å². The molecule has 7 nitrogen and oxygen atoms in total. The van der Waals surface area contributed by atoms with Crippen LogP contribution in [0.5, 0.6) is 0 Å². The van der Waals surface area contributed by atoms with Crippen molar-refractivity contribution < 1.29 is 45.5 Å². The SMILES string of the molecule is CCOC(=O)C1(C)CN(C(=O)N(C(C)=O)c2ccc(C(F)(F)F)cc2)N=C1c1ccc(C(F)(F)F)c(Cl)c1. The molecular weight excluding hydrogens is 544 g/mol. The van der Waals surface area contributed by atoms with Gasteiger partial charge in [0.15, 0.2) is 0 Å². The Morgan fingerprint density at radius 1 is 1.05 bits per heavy atom. The molecule has 0 saturated heterocycles. The van der Waals surface area contributed by atoms with Crippen LogP contribution < -0.4 is 4.90 Å². The summed E-state index contributed by atoms with van der Waals surface area (Å²) in [6.45, 7) is 3.32. The van der Waals surface area contributed by atoms with E-state index in [0.29, 0.717) is 23.1 Å². The largest absolute Gasteiger partial charge is 0.465 e. The standard InChI is InChI=1S/C24H20ClF6N3O4/c1-4-38-20(36)22(3)12-33(32-19(22)14-5-10-17(18(25)11-14)24(29,30)31)21(37)34(13(2)35)16-8-6-15(7-9-16)23(26,27)28/h5-11H,4,12H2,1-3H3. The normalized spacial score (nSPS) is 17.7. The number of hydrogen-bond acceptors (Lipinski definition) is 5. The summed E-state index contributed by atoms with van der Waals surface area (Å²) in [5, 5.41) is 4.16. The quantitative estimate of drug-likeness (QED) is 0.331. The molecule has 1 unspecified atom stereocenters. The number of urea groups is 1. The Labute approximate surface area is 217 Å². The van der Waals surface area contributed by atoms with Crippen LogP contribution in [0.1, 0.15) is 37.5 Å². The summed E-state index contributed by atoms with van der Waals surface area (Å²) in [7, 11) is 0. The van der Waals surface area contributed by atoms with E-state index in [2.05, 4.69) is 5.10 Å². The number of esters is 1. The number of benzene rings is 2. The molecule has 0 spiro atoms. The number of alkyl halides is 6. The maximum atomic E-state index is 13.3. The minimum atomic E-state index is -4.75. The van der Waals surface area contributed by atoms with Crippen molar-refractivity contribution in [1.82, 2.24) is 5.01 Å². The third-order valence-electron chi connectivity index (χ3n) is 5.66. The highest BCUT2D eigenvalue weighted by molar-refractivity contribution is 6.32. The van der Waals surface area contributed by atoms with Crippen molar-refractivity contribution in [3.8, 4) is 0 Å². The van der Waals surface area contributed by atoms with Gasteiger partial charge in [0.05, 0.1) is 40.7 Å². The smallest absolute Gasteiger partial charge is 0.417 e. The summed E-state index contributed by atoms with van der Waals surface area (Å²) in [6, 6.07) is 4.76. The summed E-state index contributed by atoms with van der Waals surface area (Å²) < 4.78 is 83.5. The van der Waals surface area contributed by atoms with Crippen LogP contribution in [0.25, 0.3) is 0 Å². The molecule has 1 heterocycles. The van der Waals surface area contributed by atoms with E-state index < -0.39 is 58.4 Å². The summed E-state index contributed by atoms with van der Waals surface area (Å²) >= 11 is 5.84. The molecule has 1 atom stereocenters. The predicted octanol–water partition coefficient (Wildman–Crippen LogP) is 6.14. The van der Waals surface area contributed by atoms with Crippen LogP contribution in [-0.2, 0) is 26.7 Å². The second kappa shape index (κ2) is 10.3. The first-order valence-electron chi connectivity index (χ1n) is 10.9. The van der Waals surface area contributed by atoms with Crippen molar-refractivity contribution in [3.05, 3.63) is 64.2 Å². The number of ether oxygens (including phenoxy) is 1. The lowest BCUT2D eigenvalue weighted by atomic mass is 9.82. The van der Waals surface area contributed by atoms with E-state index in [1.807, 2.05) is 0 Å². The van der Waals surface area contributed by atoms with Gasteiger partial charge in [-0.05, 0) is 50.2 Å². The molecular formula is C24H20ClF6N3O4. The number of amides is 3. The third kappa shape index (κ3) is 5.62. The van der Waals surface area contributed by atoms with Crippen molar-refractivity contribution in [3.63, 3.8) is 0 Å². The van der Waals surface area contributed by atoms with Gasteiger partial charge >= 0.3 is 24.4 Å². The Morgan fingerprint density at radius 2 is 1.66 bits per heavy atom. The molecule has 0 saturated carbocycles. The third-order valence-corrected chi connectivity index (χ3v) is 5.98. The highest BCUT2D eigenvalue weighted by Gasteiger charge is 2.50. The summed E-state index contributed by atoms with van der Waals surface area (Å²) in [5.41, 5.74) is -4.19. The van der Waals surface area contributed by atoms with Gasteiger partial charge in [0.1, 0.15) is 5.41 Å². The highest BCUT2D eigenvalue weighted by atomic mass is 35.5. The molecule has 0 fully saturated rings. The van der Waals surface area contributed by atoms with Gasteiger partial charge in [-0.3, -0.25) is 9.59 Å². The lowest BCUT2D eigenvalue weighted by Gasteiger charge is -2.26. The number of hydrazone groups is 1. The average molecular weight is 564 g/mol. The zero-order valence-electron chi connectivity index (χ0n) is 20.1. The van der Waals surface area contributed by atoms with Crippen LogP contribution in [0.2, 0.25) is 5.02 Å². The van der Waals surface area contributed by atoms with Gasteiger partial charge in [-0.2, -0.15) is 31.4 Å². The monoisotopic (exact) mass is 563 g/mol. The topological polar surface area (TPSA) is 79.3 Å². The number of imide groups is 1. The number of hydrogen-bond donors (Lipinski definition) is 0. The van der Waals surface area contributed by atoms with E-state index in [0.717, 1.165) is 36.2 Å². The molecule has 3 amide bonds. The molecule has 14 heteroatoms. The van der Waals surface area contributed by atoms with Crippen molar-refractivity contribution in [2.75, 3.05) is 18.1 Å². The van der Waals surface area contributed by atoms with Crippen LogP contribution in [0.4, 0.5) is 36.8 Å². The van der Waals surface area contributed by atoms with Crippen LogP contribution in [-0.4, -0.2) is 41.8 Å². The lowest BCUT2D eigenvalue weighted by molar-refractivity contribution is -0.150. The fourth-order valence-electron chi connectivity index (χ4n) is 3.81. The molecule has 2 aromatic carbocycles. The van der Waals surface area contributed by atoms with E-state index >= 15 is 0 Å². The lowest BCUT2D eigenvalue weighted by Crippen LogP contribution is -2.46. The number of nitrogens with zero attached hydrogens (tertiary/aromatic N) is 3. The van der Waals surface area contributed by atoms with Crippen LogP contribution in [0.3, 0.4) is 0 Å². The first-order valence-corrected chi connectivity index (χ1v) is 11.3. The second-order valence-corrected chi connectivity index (χ2v) is 8.84. The van der Waals surface area contributed by atoms with E-state index in [-0.39, 0.29) is 23.6 Å².